The lowest BCUT2D eigenvalue weighted by molar-refractivity contribution is -0.140. The van der Waals surface area contributed by atoms with Crippen molar-refractivity contribution in [3.8, 4) is 0 Å². The Morgan fingerprint density at radius 2 is 1.48 bits per heavy atom. The van der Waals surface area contributed by atoms with Gasteiger partial charge in [-0.25, -0.2) is 12.8 Å². The maximum Gasteiger partial charge on any atom is 0.264 e. The molecule has 1 fully saturated rings. The van der Waals surface area contributed by atoms with Crippen LogP contribution < -0.4 is 9.62 Å². The van der Waals surface area contributed by atoms with E-state index in [9.17, 15) is 22.4 Å². The maximum absolute atomic E-state index is 14.5. The van der Waals surface area contributed by atoms with E-state index >= 15 is 0 Å². The van der Waals surface area contributed by atoms with Crippen LogP contribution in [0, 0.1) is 5.82 Å². The second-order valence-electron chi connectivity index (χ2n) is 11.5. The van der Waals surface area contributed by atoms with Gasteiger partial charge in [-0.2, -0.15) is 0 Å². The van der Waals surface area contributed by atoms with Gasteiger partial charge in [-0.1, -0.05) is 102 Å². The van der Waals surface area contributed by atoms with Crippen LogP contribution in [0.3, 0.4) is 0 Å². The van der Waals surface area contributed by atoms with Gasteiger partial charge < -0.3 is 10.2 Å². The smallest absolute Gasteiger partial charge is 0.264 e. The van der Waals surface area contributed by atoms with Crippen LogP contribution in [0.2, 0.25) is 0 Å². The topological polar surface area (TPSA) is 86.8 Å². The van der Waals surface area contributed by atoms with Crippen LogP contribution in [-0.4, -0.2) is 43.8 Å². The Labute approximate surface area is 278 Å². The number of carbonyl (C=O) groups is 2. The average Bonchev–Trinajstić information content (AvgIpc) is 3.07. The number of rotatable bonds is 12. The zero-order chi connectivity index (χ0) is 32.5. The molecule has 0 heterocycles. The number of nitrogens with one attached hydrogen (secondary N) is 1. The van der Waals surface area contributed by atoms with Crippen LogP contribution in [-0.2, 0) is 32.6 Å². The third-order valence-corrected chi connectivity index (χ3v) is 10.5. The van der Waals surface area contributed by atoms with Crippen molar-refractivity contribution in [3.05, 3.63) is 131 Å². The standard InChI is InChI=1S/C36H37BrFN3O4S/c37-29-13-10-16-32(24-29)41(46(44,45)33-17-8-3-9-18-33)26-35(42)40(25-28-19-21-30(38)22-20-28)34(23-27-11-4-1-5-12-27)36(43)39-31-14-6-2-7-15-31/h1,3-5,8-13,16-22,24,31,34H,2,6-7,14-15,23,25-26H2,(H,39,43). The maximum atomic E-state index is 14.5. The fraction of sp³-hybridized carbons (Fsp3) is 0.278. The van der Waals surface area contributed by atoms with Crippen LogP contribution in [0.5, 0.6) is 0 Å². The summed E-state index contributed by atoms with van der Waals surface area (Å²) in [5, 5.41) is 3.19. The molecule has 7 nitrogen and oxygen atoms in total. The van der Waals surface area contributed by atoms with Crippen molar-refractivity contribution >= 4 is 43.5 Å². The molecule has 4 aromatic carbocycles. The molecule has 1 unspecified atom stereocenters. The predicted molar refractivity (Wildman–Crippen MR) is 181 cm³/mol. The van der Waals surface area contributed by atoms with Crippen molar-refractivity contribution in [2.75, 3.05) is 10.8 Å². The average molecular weight is 707 g/mol. The Kier molecular flexibility index (Phi) is 11.2. The number of sulfonamides is 1. The summed E-state index contributed by atoms with van der Waals surface area (Å²) < 4.78 is 43.7. The van der Waals surface area contributed by atoms with Crippen LogP contribution >= 0.6 is 15.9 Å². The van der Waals surface area contributed by atoms with Crippen LogP contribution in [0.15, 0.2) is 119 Å². The number of anilines is 1. The SMILES string of the molecule is O=C(NC1CCCCC1)C(Cc1ccccc1)N(Cc1ccc(F)cc1)C(=O)CN(c1cccc(Br)c1)S(=O)(=O)c1ccccc1. The largest absolute Gasteiger partial charge is 0.352 e. The molecule has 1 aliphatic rings. The van der Waals surface area contributed by atoms with E-state index in [1.807, 2.05) is 30.3 Å². The molecule has 2 amide bonds. The summed E-state index contributed by atoms with van der Waals surface area (Å²) in [7, 11) is -4.19. The molecule has 1 atom stereocenters. The van der Waals surface area contributed by atoms with Gasteiger partial charge in [0.1, 0.15) is 18.4 Å². The molecule has 4 aromatic rings. The van der Waals surface area contributed by atoms with E-state index in [-0.39, 0.29) is 29.8 Å². The van der Waals surface area contributed by atoms with E-state index in [1.54, 1.807) is 54.6 Å². The van der Waals surface area contributed by atoms with Crippen molar-refractivity contribution in [1.29, 1.82) is 0 Å². The van der Waals surface area contributed by atoms with Crippen molar-refractivity contribution in [3.63, 3.8) is 0 Å². The highest BCUT2D eigenvalue weighted by Crippen LogP contribution is 2.27. The lowest BCUT2D eigenvalue weighted by Gasteiger charge is -2.35. The molecule has 1 N–H and O–H groups in total. The number of halogens is 2. The van der Waals surface area contributed by atoms with E-state index in [0.29, 0.717) is 15.7 Å². The lowest BCUT2D eigenvalue weighted by Crippen LogP contribution is -2.55. The number of benzene rings is 4. The fourth-order valence-corrected chi connectivity index (χ4v) is 7.58. The van der Waals surface area contributed by atoms with E-state index in [2.05, 4.69) is 21.2 Å². The van der Waals surface area contributed by atoms with E-state index in [0.717, 1.165) is 42.0 Å². The molecule has 10 heteroatoms. The first kappa shape index (κ1) is 33.3. The van der Waals surface area contributed by atoms with E-state index < -0.39 is 34.3 Å². The predicted octanol–water partition coefficient (Wildman–Crippen LogP) is 6.87. The minimum absolute atomic E-state index is 0.000998. The van der Waals surface area contributed by atoms with Gasteiger partial charge in [-0.3, -0.25) is 13.9 Å². The first-order valence-electron chi connectivity index (χ1n) is 15.4. The zero-order valence-corrected chi connectivity index (χ0v) is 27.8. The number of nitrogens with zero attached hydrogens (tertiary/aromatic N) is 2. The van der Waals surface area contributed by atoms with Crippen molar-refractivity contribution in [2.24, 2.45) is 0 Å². The third-order valence-electron chi connectivity index (χ3n) is 8.20. The number of carbonyl (C=O) groups excluding carboxylic acids is 2. The molecule has 240 valence electrons. The molecule has 0 spiro atoms. The van der Waals surface area contributed by atoms with Crippen LogP contribution in [0.1, 0.15) is 43.2 Å². The number of hydrogen-bond acceptors (Lipinski definition) is 4. The summed E-state index contributed by atoms with van der Waals surface area (Å²) in [6.45, 7) is -0.580. The Bertz CT molecular complexity index is 1720. The first-order chi connectivity index (χ1) is 22.2. The quantitative estimate of drug-likeness (QED) is 0.174. The second kappa shape index (κ2) is 15.5. The van der Waals surface area contributed by atoms with Gasteiger partial charge in [0.05, 0.1) is 10.6 Å². The fourth-order valence-electron chi connectivity index (χ4n) is 5.76. The highest BCUT2D eigenvalue weighted by molar-refractivity contribution is 9.10. The van der Waals surface area contributed by atoms with E-state index in [1.165, 1.54) is 29.2 Å². The van der Waals surface area contributed by atoms with Crippen molar-refractivity contribution in [2.45, 2.75) is 62.0 Å². The van der Waals surface area contributed by atoms with Gasteiger partial charge in [0.25, 0.3) is 10.0 Å². The molecule has 0 aromatic heterocycles. The minimum Gasteiger partial charge on any atom is -0.352 e. The molecule has 46 heavy (non-hydrogen) atoms. The zero-order valence-electron chi connectivity index (χ0n) is 25.4. The van der Waals surface area contributed by atoms with Crippen LogP contribution in [0.25, 0.3) is 0 Å². The van der Waals surface area contributed by atoms with Gasteiger partial charge in [0, 0.05) is 23.5 Å². The second-order valence-corrected chi connectivity index (χ2v) is 14.3. The van der Waals surface area contributed by atoms with Gasteiger partial charge >= 0.3 is 0 Å². The van der Waals surface area contributed by atoms with Gasteiger partial charge in [-0.05, 0) is 66.4 Å². The van der Waals surface area contributed by atoms with Gasteiger partial charge in [0.15, 0.2) is 0 Å². The minimum atomic E-state index is -4.19. The summed E-state index contributed by atoms with van der Waals surface area (Å²) in [6.07, 6.45) is 5.10. The molecule has 1 aliphatic carbocycles. The lowest BCUT2D eigenvalue weighted by atomic mass is 9.94. The molecule has 0 bridgehead atoms. The highest BCUT2D eigenvalue weighted by Gasteiger charge is 2.35. The summed E-state index contributed by atoms with van der Waals surface area (Å²) in [6, 6.07) is 28.9. The molecular weight excluding hydrogens is 669 g/mol. The molecule has 5 rings (SSSR count). The van der Waals surface area contributed by atoms with Crippen molar-refractivity contribution < 1.29 is 22.4 Å². The highest BCUT2D eigenvalue weighted by atomic mass is 79.9. The normalized spacial score (nSPS) is 14.3. The summed E-state index contributed by atoms with van der Waals surface area (Å²) in [5.41, 5.74) is 1.75. The number of amides is 2. The number of hydrogen-bond donors (Lipinski definition) is 1. The van der Waals surface area contributed by atoms with Crippen LogP contribution in [0.4, 0.5) is 10.1 Å². The Hall–Kier alpha value is -4.02. The molecular formula is C36H37BrFN3O4S. The van der Waals surface area contributed by atoms with Gasteiger partial charge in [-0.15, -0.1) is 0 Å². The molecule has 0 radical (unpaired) electrons. The molecule has 0 aliphatic heterocycles. The van der Waals surface area contributed by atoms with Gasteiger partial charge in [0.2, 0.25) is 11.8 Å². The van der Waals surface area contributed by atoms with Crippen molar-refractivity contribution in [1.82, 2.24) is 10.2 Å². The monoisotopic (exact) mass is 705 g/mol. The molecule has 0 saturated heterocycles. The van der Waals surface area contributed by atoms with E-state index in [4.69, 9.17) is 0 Å². The Morgan fingerprint density at radius 1 is 0.826 bits per heavy atom. The third kappa shape index (κ3) is 8.61. The summed E-state index contributed by atoms with van der Waals surface area (Å²) >= 11 is 3.42. The Balaban J connectivity index is 1.55. The molecule has 1 saturated carbocycles. The Morgan fingerprint density at radius 3 is 2.13 bits per heavy atom. The first-order valence-corrected chi connectivity index (χ1v) is 17.7. The summed E-state index contributed by atoms with van der Waals surface area (Å²) in [5.74, 6) is -1.29. The summed E-state index contributed by atoms with van der Waals surface area (Å²) in [4.78, 5) is 30.1.